The molecule has 0 spiro atoms. The third-order valence-electron chi connectivity index (χ3n) is 1.24. The topological polar surface area (TPSA) is 46.5 Å². The van der Waals surface area contributed by atoms with Gasteiger partial charge in [-0.15, -0.1) is 0 Å². The molecule has 0 aromatic rings. The maximum absolute atomic E-state index is 10.3. The molecule has 1 N–H and O–H groups in total. The Labute approximate surface area is 66.7 Å². The third-order valence-corrected chi connectivity index (χ3v) is 1.24. The summed E-state index contributed by atoms with van der Waals surface area (Å²) in [6.07, 6.45) is -0.381. The highest BCUT2D eigenvalue weighted by Crippen LogP contribution is 2.06. The number of carboxylic acids is 1. The molecular weight excluding hydrogens is 144 g/mol. The lowest BCUT2D eigenvalue weighted by atomic mass is 10.2. The van der Waals surface area contributed by atoms with Crippen LogP contribution in [0.15, 0.2) is 12.2 Å². The average molecular weight is 158 g/mol. The zero-order chi connectivity index (χ0) is 9.02. The first-order valence-corrected chi connectivity index (χ1v) is 3.52. The van der Waals surface area contributed by atoms with Gasteiger partial charge in [0, 0.05) is 0 Å². The van der Waals surface area contributed by atoms with Crippen molar-refractivity contribution in [1.82, 2.24) is 0 Å². The fraction of sp³-hybridized carbons (Fsp3) is 0.625. The second-order valence-corrected chi connectivity index (χ2v) is 2.66. The van der Waals surface area contributed by atoms with Crippen molar-refractivity contribution >= 4 is 5.97 Å². The fourth-order valence-electron chi connectivity index (χ4n) is 0.664. The van der Waals surface area contributed by atoms with Crippen LogP contribution in [0.4, 0.5) is 0 Å². The number of aliphatic carboxylic acids is 1. The van der Waals surface area contributed by atoms with E-state index >= 15 is 0 Å². The second-order valence-electron chi connectivity index (χ2n) is 2.66. The number of rotatable bonds is 4. The van der Waals surface area contributed by atoms with Crippen LogP contribution in [0.1, 0.15) is 20.8 Å². The van der Waals surface area contributed by atoms with E-state index in [2.05, 4.69) is 6.58 Å². The van der Waals surface area contributed by atoms with Gasteiger partial charge in [0.25, 0.3) is 0 Å². The standard InChI is InChI=1S/C8H14O3/c1-5(2)11-7(4)6(3)8(9)10/h5,7H,3H2,1-2,4H3,(H,9,10). The zero-order valence-electron chi connectivity index (χ0n) is 7.13. The Hall–Kier alpha value is -0.830. The monoisotopic (exact) mass is 158 g/mol. The summed E-state index contributed by atoms with van der Waals surface area (Å²) in [7, 11) is 0. The van der Waals surface area contributed by atoms with Crippen LogP contribution in [-0.2, 0) is 9.53 Å². The predicted octanol–water partition coefficient (Wildman–Crippen LogP) is 1.44. The van der Waals surface area contributed by atoms with Gasteiger partial charge in [0.1, 0.15) is 0 Å². The van der Waals surface area contributed by atoms with E-state index in [1.165, 1.54) is 0 Å². The van der Waals surface area contributed by atoms with Gasteiger partial charge in [0.15, 0.2) is 0 Å². The van der Waals surface area contributed by atoms with Crippen LogP contribution in [-0.4, -0.2) is 23.3 Å². The van der Waals surface area contributed by atoms with E-state index in [0.29, 0.717) is 0 Å². The molecule has 0 rings (SSSR count). The highest BCUT2D eigenvalue weighted by molar-refractivity contribution is 5.86. The van der Waals surface area contributed by atoms with Crippen molar-refractivity contribution in [2.24, 2.45) is 0 Å². The SMILES string of the molecule is C=C(C(=O)O)C(C)OC(C)C. The van der Waals surface area contributed by atoms with E-state index in [1.807, 2.05) is 13.8 Å². The van der Waals surface area contributed by atoms with Crippen LogP contribution >= 0.6 is 0 Å². The summed E-state index contributed by atoms with van der Waals surface area (Å²) < 4.78 is 5.19. The van der Waals surface area contributed by atoms with Crippen LogP contribution in [0.25, 0.3) is 0 Å². The van der Waals surface area contributed by atoms with E-state index in [-0.39, 0.29) is 11.7 Å². The Bertz CT molecular complexity index is 161. The van der Waals surface area contributed by atoms with Gasteiger partial charge in [-0.1, -0.05) is 6.58 Å². The average Bonchev–Trinajstić information content (AvgIpc) is 1.84. The second kappa shape index (κ2) is 4.13. The molecule has 0 radical (unpaired) electrons. The number of hydrogen-bond acceptors (Lipinski definition) is 2. The summed E-state index contributed by atoms with van der Waals surface area (Å²) in [5.74, 6) is -1.00. The largest absolute Gasteiger partial charge is 0.478 e. The molecule has 1 unspecified atom stereocenters. The van der Waals surface area contributed by atoms with Gasteiger partial charge in [-0.25, -0.2) is 4.79 Å². The van der Waals surface area contributed by atoms with E-state index in [9.17, 15) is 4.79 Å². The Morgan fingerprint density at radius 2 is 1.91 bits per heavy atom. The van der Waals surface area contributed by atoms with Gasteiger partial charge in [-0.2, -0.15) is 0 Å². The molecular formula is C8H14O3. The van der Waals surface area contributed by atoms with Gasteiger partial charge in [0.2, 0.25) is 0 Å². The lowest BCUT2D eigenvalue weighted by Gasteiger charge is -2.15. The molecule has 3 heteroatoms. The number of hydrogen-bond donors (Lipinski definition) is 1. The summed E-state index contributed by atoms with van der Waals surface area (Å²) in [5, 5.41) is 8.49. The maximum atomic E-state index is 10.3. The fourth-order valence-corrected chi connectivity index (χ4v) is 0.664. The molecule has 0 saturated heterocycles. The summed E-state index contributed by atoms with van der Waals surface area (Å²) in [6.45, 7) is 8.77. The van der Waals surface area contributed by atoms with E-state index in [4.69, 9.17) is 9.84 Å². The Kier molecular flexibility index (Phi) is 3.82. The first-order chi connectivity index (χ1) is 4.95. The van der Waals surface area contributed by atoms with Gasteiger partial charge in [0.05, 0.1) is 17.8 Å². The quantitative estimate of drug-likeness (QED) is 0.630. The van der Waals surface area contributed by atoms with Crippen LogP contribution < -0.4 is 0 Å². The summed E-state index contributed by atoms with van der Waals surface area (Å²) in [5.41, 5.74) is 0.0960. The molecule has 0 aliphatic heterocycles. The highest BCUT2D eigenvalue weighted by atomic mass is 16.5. The number of carbonyl (C=O) groups is 1. The summed E-state index contributed by atoms with van der Waals surface area (Å²) in [6, 6.07) is 0. The van der Waals surface area contributed by atoms with Crippen molar-refractivity contribution in [2.45, 2.75) is 33.0 Å². The van der Waals surface area contributed by atoms with Crippen molar-refractivity contribution in [1.29, 1.82) is 0 Å². The Morgan fingerprint density at radius 3 is 2.18 bits per heavy atom. The smallest absolute Gasteiger partial charge is 0.333 e. The minimum absolute atomic E-state index is 0.0288. The Balaban J connectivity index is 3.93. The number of carboxylic acid groups (broad SMARTS) is 1. The molecule has 0 fully saturated rings. The lowest BCUT2D eigenvalue weighted by Crippen LogP contribution is -2.20. The van der Waals surface area contributed by atoms with Crippen molar-refractivity contribution in [3.8, 4) is 0 Å². The minimum atomic E-state index is -1.00. The molecule has 0 aromatic carbocycles. The summed E-state index contributed by atoms with van der Waals surface area (Å²) in [4.78, 5) is 10.3. The molecule has 3 nitrogen and oxygen atoms in total. The first-order valence-electron chi connectivity index (χ1n) is 3.52. The molecule has 0 aromatic heterocycles. The van der Waals surface area contributed by atoms with Gasteiger partial charge in [-0.3, -0.25) is 0 Å². The van der Waals surface area contributed by atoms with Gasteiger partial charge < -0.3 is 9.84 Å². The molecule has 0 amide bonds. The van der Waals surface area contributed by atoms with Crippen LogP contribution in [0.3, 0.4) is 0 Å². The lowest BCUT2D eigenvalue weighted by molar-refractivity contribution is -0.134. The Morgan fingerprint density at radius 1 is 1.45 bits per heavy atom. The van der Waals surface area contributed by atoms with Crippen LogP contribution in [0, 0.1) is 0 Å². The molecule has 64 valence electrons. The van der Waals surface area contributed by atoms with Crippen molar-refractivity contribution in [3.63, 3.8) is 0 Å². The number of ether oxygens (including phenoxy) is 1. The van der Waals surface area contributed by atoms with Crippen molar-refractivity contribution < 1.29 is 14.6 Å². The summed E-state index contributed by atoms with van der Waals surface area (Å²) >= 11 is 0. The first kappa shape index (κ1) is 10.2. The van der Waals surface area contributed by atoms with Crippen LogP contribution in [0.5, 0.6) is 0 Å². The van der Waals surface area contributed by atoms with Crippen molar-refractivity contribution in [2.75, 3.05) is 0 Å². The van der Waals surface area contributed by atoms with E-state index in [1.54, 1.807) is 6.92 Å². The van der Waals surface area contributed by atoms with Gasteiger partial charge >= 0.3 is 5.97 Å². The van der Waals surface area contributed by atoms with Crippen LogP contribution in [0.2, 0.25) is 0 Å². The minimum Gasteiger partial charge on any atom is -0.478 e. The molecule has 11 heavy (non-hydrogen) atoms. The third kappa shape index (κ3) is 3.78. The molecule has 0 bridgehead atoms. The molecule has 0 saturated carbocycles. The highest BCUT2D eigenvalue weighted by Gasteiger charge is 2.14. The van der Waals surface area contributed by atoms with E-state index in [0.717, 1.165) is 0 Å². The van der Waals surface area contributed by atoms with Crippen molar-refractivity contribution in [3.05, 3.63) is 12.2 Å². The zero-order valence-corrected chi connectivity index (χ0v) is 7.13. The van der Waals surface area contributed by atoms with E-state index < -0.39 is 12.1 Å². The van der Waals surface area contributed by atoms with Gasteiger partial charge in [-0.05, 0) is 20.8 Å². The molecule has 0 aliphatic carbocycles. The maximum Gasteiger partial charge on any atom is 0.333 e. The predicted molar refractivity (Wildman–Crippen MR) is 42.5 cm³/mol. The molecule has 0 heterocycles. The molecule has 1 atom stereocenters. The molecule has 0 aliphatic rings. The normalized spacial score (nSPS) is 13.1.